The summed E-state index contributed by atoms with van der Waals surface area (Å²) < 4.78 is 28.3. The molecule has 212 valence electrons. The molecule has 0 amide bonds. The van der Waals surface area contributed by atoms with Crippen LogP contribution in [-0.4, -0.2) is 44.0 Å². The number of benzene rings is 1. The van der Waals surface area contributed by atoms with Crippen molar-refractivity contribution in [2.45, 2.75) is 91.6 Å². The van der Waals surface area contributed by atoms with Gasteiger partial charge in [-0.05, 0) is 61.5 Å². The molecule has 1 aromatic carbocycles. The first-order valence-electron chi connectivity index (χ1n) is 14.3. The number of carbonyl (C=O) groups is 2. The summed E-state index contributed by atoms with van der Waals surface area (Å²) in [5.74, 6) is 1.36. The van der Waals surface area contributed by atoms with E-state index in [9.17, 15) is 9.59 Å². The molecule has 2 atom stereocenters. The number of rotatable bonds is 13. The molecule has 3 rings (SSSR count). The van der Waals surface area contributed by atoms with Crippen molar-refractivity contribution in [2.24, 2.45) is 23.7 Å². The van der Waals surface area contributed by atoms with Crippen molar-refractivity contribution in [3.05, 3.63) is 42.0 Å². The van der Waals surface area contributed by atoms with Gasteiger partial charge in [-0.2, -0.15) is 0 Å². The van der Waals surface area contributed by atoms with Gasteiger partial charge in [0.05, 0.1) is 13.2 Å². The third kappa shape index (κ3) is 9.42. The predicted octanol–water partition coefficient (Wildman–Crippen LogP) is 6.41. The lowest BCUT2D eigenvalue weighted by molar-refractivity contribution is -0.164. The molecular weight excluding hydrogens is 484 g/mol. The molecule has 0 unspecified atom stereocenters. The lowest BCUT2D eigenvalue weighted by atomic mass is 9.80. The number of esters is 2. The van der Waals surface area contributed by atoms with E-state index in [1.54, 1.807) is 0 Å². The lowest BCUT2D eigenvalue weighted by Gasteiger charge is -2.26. The molecule has 1 aromatic rings. The maximum Gasteiger partial charge on any atom is 0.338 e. The van der Waals surface area contributed by atoms with Gasteiger partial charge in [-0.1, -0.05) is 71.7 Å². The summed E-state index contributed by atoms with van der Waals surface area (Å²) in [6.45, 7) is 11.0. The second-order valence-corrected chi connectivity index (χ2v) is 11.4. The summed E-state index contributed by atoms with van der Waals surface area (Å²) in [6.07, 6.45) is 9.02. The van der Waals surface area contributed by atoms with Crippen molar-refractivity contribution in [3.63, 3.8) is 0 Å². The summed E-state index contributed by atoms with van der Waals surface area (Å²) in [4.78, 5) is 25.4. The summed E-state index contributed by atoms with van der Waals surface area (Å²) in [6, 6.07) is 7.30. The van der Waals surface area contributed by atoms with Gasteiger partial charge in [0.15, 0.2) is 18.5 Å². The van der Waals surface area contributed by atoms with Crippen LogP contribution in [0.1, 0.15) is 85.0 Å². The van der Waals surface area contributed by atoms with Gasteiger partial charge in [-0.3, -0.25) is 0 Å². The van der Waals surface area contributed by atoms with Crippen LogP contribution in [0.3, 0.4) is 0 Å². The zero-order valence-electron chi connectivity index (χ0n) is 23.7. The normalized spacial score (nSPS) is 24.3. The largest absolute Gasteiger partial charge is 0.490 e. The fourth-order valence-electron chi connectivity index (χ4n) is 4.81. The molecular formula is C31H46O7. The summed E-state index contributed by atoms with van der Waals surface area (Å²) in [5, 5.41) is 0. The molecule has 1 saturated carbocycles. The van der Waals surface area contributed by atoms with Crippen LogP contribution in [0, 0.1) is 23.7 Å². The second-order valence-electron chi connectivity index (χ2n) is 11.4. The van der Waals surface area contributed by atoms with E-state index in [0.29, 0.717) is 18.1 Å². The molecule has 1 saturated heterocycles. The second kappa shape index (κ2) is 15.3. The highest BCUT2D eigenvalue weighted by atomic mass is 16.8. The fraction of sp³-hybridized carbons (Fsp3) is 0.677. The molecule has 1 aliphatic heterocycles. The molecule has 0 spiro atoms. The maximum absolute atomic E-state index is 12.7. The Morgan fingerprint density at radius 3 is 1.95 bits per heavy atom. The molecule has 38 heavy (non-hydrogen) atoms. The van der Waals surface area contributed by atoms with E-state index in [4.69, 9.17) is 23.7 Å². The predicted molar refractivity (Wildman–Crippen MR) is 146 cm³/mol. The number of hydrogen-bond donors (Lipinski definition) is 0. The van der Waals surface area contributed by atoms with Crippen LogP contribution in [0.4, 0.5) is 0 Å². The van der Waals surface area contributed by atoms with Gasteiger partial charge >= 0.3 is 11.9 Å². The van der Waals surface area contributed by atoms with Gasteiger partial charge < -0.3 is 23.7 Å². The van der Waals surface area contributed by atoms with Gasteiger partial charge in [-0.25, -0.2) is 9.59 Å². The molecule has 0 radical (unpaired) electrons. The zero-order valence-corrected chi connectivity index (χ0v) is 23.7. The van der Waals surface area contributed by atoms with E-state index in [1.807, 2.05) is 52.0 Å². The Morgan fingerprint density at radius 2 is 1.45 bits per heavy atom. The maximum atomic E-state index is 12.7. The van der Waals surface area contributed by atoms with Gasteiger partial charge in [0, 0.05) is 5.56 Å². The van der Waals surface area contributed by atoms with Gasteiger partial charge in [0.1, 0.15) is 12.4 Å². The highest BCUT2D eigenvalue weighted by Crippen LogP contribution is 2.34. The Hall–Kier alpha value is -2.38. The molecule has 0 aromatic heterocycles. The first-order chi connectivity index (χ1) is 18.3. The molecule has 1 heterocycles. The van der Waals surface area contributed by atoms with Crippen molar-refractivity contribution in [2.75, 3.05) is 19.8 Å². The van der Waals surface area contributed by atoms with E-state index in [1.165, 1.54) is 38.5 Å². The Bertz CT molecular complexity index is 852. The minimum Gasteiger partial charge on any atom is -0.490 e. The minimum atomic E-state index is -1.18. The fourth-order valence-corrected chi connectivity index (χ4v) is 4.81. The highest BCUT2D eigenvalue weighted by molar-refractivity contribution is 5.86. The first kappa shape index (κ1) is 30.2. The standard InChI is InChI=1S/C31H46O7/c1-6-8-23-10-12-24(13-11-23)9-7-18-34-26-16-14-25(15-17-26)31-37-27(29(32)35-19-21(2)3)28(38-31)30(33)36-20-22(4)5/h7,9,14-17,21-24,27-28,31H,6,8,10-13,18-20H2,1-5H3/b9-7+/t23?,24?,27-,28-/m1/s1. The van der Waals surface area contributed by atoms with Crippen molar-refractivity contribution < 1.29 is 33.3 Å². The Morgan fingerprint density at radius 1 is 0.895 bits per heavy atom. The van der Waals surface area contributed by atoms with Crippen molar-refractivity contribution in [3.8, 4) is 5.75 Å². The van der Waals surface area contributed by atoms with E-state index < -0.39 is 30.4 Å². The monoisotopic (exact) mass is 530 g/mol. The van der Waals surface area contributed by atoms with E-state index in [0.717, 1.165) is 11.7 Å². The van der Waals surface area contributed by atoms with Crippen LogP contribution in [-0.2, 0) is 28.5 Å². The molecule has 0 bridgehead atoms. The average Bonchev–Trinajstić information content (AvgIpc) is 3.35. The summed E-state index contributed by atoms with van der Waals surface area (Å²) in [7, 11) is 0. The third-order valence-corrected chi connectivity index (χ3v) is 6.89. The van der Waals surface area contributed by atoms with Crippen LogP contribution >= 0.6 is 0 Å². The highest BCUT2D eigenvalue weighted by Gasteiger charge is 2.47. The lowest BCUT2D eigenvalue weighted by Crippen LogP contribution is -2.40. The smallest absolute Gasteiger partial charge is 0.338 e. The molecule has 2 aliphatic rings. The first-order valence-corrected chi connectivity index (χ1v) is 14.3. The van der Waals surface area contributed by atoms with Crippen LogP contribution in [0.2, 0.25) is 0 Å². The number of ether oxygens (including phenoxy) is 5. The average molecular weight is 531 g/mol. The van der Waals surface area contributed by atoms with Crippen molar-refractivity contribution in [1.29, 1.82) is 0 Å². The van der Waals surface area contributed by atoms with Crippen LogP contribution < -0.4 is 4.74 Å². The Balaban J connectivity index is 1.53. The van der Waals surface area contributed by atoms with Crippen LogP contribution in [0.5, 0.6) is 5.75 Å². The summed E-state index contributed by atoms with van der Waals surface area (Å²) in [5.41, 5.74) is 0.678. The quantitative estimate of drug-likeness (QED) is 0.215. The van der Waals surface area contributed by atoms with E-state index >= 15 is 0 Å². The van der Waals surface area contributed by atoms with E-state index in [2.05, 4.69) is 19.1 Å². The molecule has 7 heteroatoms. The molecule has 1 aliphatic carbocycles. The Labute approximate surface area is 228 Å². The summed E-state index contributed by atoms with van der Waals surface area (Å²) >= 11 is 0. The Kier molecular flexibility index (Phi) is 12.1. The van der Waals surface area contributed by atoms with Crippen LogP contribution in [0.15, 0.2) is 36.4 Å². The molecule has 0 N–H and O–H groups in total. The van der Waals surface area contributed by atoms with Crippen LogP contribution in [0.25, 0.3) is 0 Å². The third-order valence-electron chi connectivity index (χ3n) is 6.89. The SMILES string of the molecule is CCCC1CCC(/C=C/COc2ccc(C3O[C@@H](C(=O)OCC(C)C)[C@H](C(=O)OCC(C)C)O3)cc2)CC1. The van der Waals surface area contributed by atoms with Gasteiger partial charge in [-0.15, -0.1) is 0 Å². The molecule has 7 nitrogen and oxygen atoms in total. The topological polar surface area (TPSA) is 80.3 Å². The van der Waals surface area contributed by atoms with Crippen molar-refractivity contribution in [1.82, 2.24) is 0 Å². The van der Waals surface area contributed by atoms with Crippen molar-refractivity contribution >= 4 is 11.9 Å². The number of hydrogen-bond acceptors (Lipinski definition) is 7. The van der Waals surface area contributed by atoms with Gasteiger partial charge in [0.25, 0.3) is 0 Å². The minimum absolute atomic E-state index is 0.159. The zero-order chi connectivity index (χ0) is 27.5. The molecule has 2 fully saturated rings. The number of allylic oxidation sites excluding steroid dienone is 1. The van der Waals surface area contributed by atoms with Gasteiger partial charge in [0.2, 0.25) is 0 Å². The van der Waals surface area contributed by atoms with E-state index in [-0.39, 0.29) is 25.0 Å². The number of carbonyl (C=O) groups excluding carboxylic acids is 2.